The normalized spacial score (nSPS) is 19.8. The summed E-state index contributed by atoms with van der Waals surface area (Å²) in [6, 6.07) is 4.30. The van der Waals surface area contributed by atoms with E-state index in [0.29, 0.717) is 23.0 Å². The molecule has 4 aromatic heterocycles. The monoisotopic (exact) mass is 428 g/mol. The van der Waals surface area contributed by atoms with E-state index in [0.717, 1.165) is 30.9 Å². The number of piperazine rings is 1. The van der Waals surface area contributed by atoms with Crippen molar-refractivity contribution in [3.05, 3.63) is 60.3 Å². The van der Waals surface area contributed by atoms with Gasteiger partial charge in [0.25, 0.3) is 0 Å². The molecule has 0 aromatic carbocycles. The SMILES string of the molecule is C[C@H]1[C@@H](c2cn[nH]c2)NCCN1c1ccnc(-c2cnc3ccc(C(F)(F)F)cn23)n1. The van der Waals surface area contributed by atoms with Gasteiger partial charge in [0.15, 0.2) is 5.82 Å². The average Bonchev–Trinajstić information content (AvgIpc) is 3.43. The van der Waals surface area contributed by atoms with Gasteiger partial charge < -0.3 is 10.2 Å². The van der Waals surface area contributed by atoms with Gasteiger partial charge in [-0.05, 0) is 25.1 Å². The molecule has 0 saturated carbocycles. The number of halogens is 3. The van der Waals surface area contributed by atoms with Crippen LogP contribution in [0.15, 0.2) is 49.2 Å². The Kier molecular flexibility index (Phi) is 4.62. The zero-order valence-corrected chi connectivity index (χ0v) is 16.5. The highest BCUT2D eigenvalue weighted by Crippen LogP contribution is 2.31. The first-order chi connectivity index (χ1) is 14.9. The number of H-pyrrole nitrogens is 1. The molecule has 0 unspecified atom stereocenters. The summed E-state index contributed by atoms with van der Waals surface area (Å²) in [4.78, 5) is 15.3. The number of aromatic nitrogens is 6. The smallest absolute Gasteiger partial charge is 0.351 e. The maximum absolute atomic E-state index is 13.2. The van der Waals surface area contributed by atoms with Crippen molar-refractivity contribution in [3.8, 4) is 11.5 Å². The minimum Gasteiger partial charge on any atom is -0.351 e. The van der Waals surface area contributed by atoms with Crippen LogP contribution in [0.25, 0.3) is 17.2 Å². The van der Waals surface area contributed by atoms with Gasteiger partial charge >= 0.3 is 6.18 Å². The zero-order chi connectivity index (χ0) is 21.6. The Morgan fingerprint density at radius 3 is 2.77 bits per heavy atom. The van der Waals surface area contributed by atoms with Crippen LogP contribution < -0.4 is 10.2 Å². The van der Waals surface area contributed by atoms with E-state index in [1.54, 1.807) is 12.4 Å². The molecule has 160 valence electrons. The van der Waals surface area contributed by atoms with Crippen LogP contribution in [-0.2, 0) is 6.18 Å². The number of hydrogen-bond acceptors (Lipinski definition) is 6. The van der Waals surface area contributed by atoms with E-state index < -0.39 is 11.7 Å². The fraction of sp³-hybridized carbons (Fsp3) is 0.300. The van der Waals surface area contributed by atoms with E-state index in [9.17, 15) is 13.2 Å². The predicted octanol–water partition coefficient (Wildman–Crippen LogP) is 3.07. The Morgan fingerprint density at radius 1 is 1.13 bits per heavy atom. The first-order valence-electron chi connectivity index (χ1n) is 9.78. The molecule has 1 fully saturated rings. The van der Waals surface area contributed by atoms with E-state index >= 15 is 0 Å². The number of imidazole rings is 1. The summed E-state index contributed by atoms with van der Waals surface area (Å²) in [7, 11) is 0. The number of fused-ring (bicyclic) bond motifs is 1. The summed E-state index contributed by atoms with van der Waals surface area (Å²) in [6.07, 6.45) is 3.34. The molecule has 1 aliphatic heterocycles. The lowest BCUT2D eigenvalue weighted by molar-refractivity contribution is -0.137. The van der Waals surface area contributed by atoms with Crippen LogP contribution in [0.4, 0.5) is 19.0 Å². The predicted molar refractivity (Wildman–Crippen MR) is 107 cm³/mol. The maximum atomic E-state index is 13.2. The van der Waals surface area contributed by atoms with Gasteiger partial charge in [0, 0.05) is 43.3 Å². The van der Waals surface area contributed by atoms with Gasteiger partial charge in [-0.3, -0.25) is 9.50 Å². The van der Waals surface area contributed by atoms with Crippen LogP contribution in [0.3, 0.4) is 0 Å². The second-order valence-electron chi connectivity index (χ2n) is 7.42. The number of hydrogen-bond donors (Lipinski definition) is 2. The van der Waals surface area contributed by atoms with E-state index in [-0.39, 0.29) is 12.1 Å². The lowest BCUT2D eigenvalue weighted by Crippen LogP contribution is -2.52. The number of pyridine rings is 1. The topological polar surface area (TPSA) is 87.0 Å². The van der Waals surface area contributed by atoms with Crippen molar-refractivity contribution in [3.63, 3.8) is 0 Å². The Bertz CT molecular complexity index is 1200. The molecule has 0 radical (unpaired) electrons. The number of nitrogens with zero attached hydrogens (tertiary/aromatic N) is 6. The Balaban J connectivity index is 1.51. The van der Waals surface area contributed by atoms with E-state index in [1.165, 1.54) is 16.7 Å². The second-order valence-corrected chi connectivity index (χ2v) is 7.42. The van der Waals surface area contributed by atoms with E-state index in [2.05, 4.69) is 42.3 Å². The second kappa shape index (κ2) is 7.34. The summed E-state index contributed by atoms with van der Waals surface area (Å²) < 4.78 is 40.9. The Morgan fingerprint density at radius 2 is 2.00 bits per heavy atom. The van der Waals surface area contributed by atoms with Gasteiger partial charge in [0.1, 0.15) is 17.2 Å². The van der Waals surface area contributed by atoms with Gasteiger partial charge in [-0.1, -0.05) is 0 Å². The van der Waals surface area contributed by atoms with Crippen LogP contribution in [0.1, 0.15) is 24.1 Å². The third-order valence-corrected chi connectivity index (χ3v) is 5.57. The molecule has 11 heteroatoms. The summed E-state index contributed by atoms with van der Waals surface area (Å²) in [6.45, 7) is 3.58. The fourth-order valence-corrected chi connectivity index (χ4v) is 3.99. The third-order valence-electron chi connectivity index (χ3n) is 5.57. The molecule has 1 aliphatic rings. The van der Waals surface area contributed by atoms with Crippen molar-refractivity contribution in [1.82, 2.24) is 34.9 Å². The Labute approximate surface area is 175 Å². The lowest BCUT2D eigenvalue weighted by Gasteiger charge is -2.40. The number of rotatable bonds is 3. The highest BCUT2D eigenvalue weighted by Gasteiger charge is 2.32. The average molecular weight is 428 g/mol. The minimum atomic E-state index is -4.45. The molecular formula is C20H19F3N8. The largest absolute Gasteiger partial charge is 0.417 e. The molecule has 1 saturated heterocycles. The summed E-state index contributed by atoms with van der Waals surface area (Å²) in [5.74, 6) is 1.02. The van der Waals surface area contributed by atoms with Crippen LogP contribution in [0, 0.1) is 0 Å². The minimum absolute atomic E-state index is 0.0658. The van der Waals surface area contributed by atoms with Gasteiger partial charge in [-0.2, -0.15) is 18.3 Å². The lowest BCUT2D eigenvalue weighted by atomic mass is 10.00. The molecule has 5 rings (SSSR count). The van der Waals surface area contributed by atoms with Gasteiger partial charge in [0.05, 0.1) is 24.0 Å². The highest BCUT2D eigenvalue weighted by atomic mass is 19.4. The summed E-state index contributed by atoms with van der Waals surface area (Å²) >= 11 is 0. The van der Waals surface area contributed by atoms with Crippen molar-refractivity contribution in [2.24, 2.45) is 0 Å². The zero-order valence-electron chi connectivity index (χ0n) is 16.5. The van der Waals surface area contributed by atoms with Gasteiger partial charge in [-0.25, -0.2) is 15.0 Å². The first kappa shape index (κ1) is 19.5. The van der Waals surface area contributed by atoms with E-state index in [4.69, 9.17) is 0 Å². The molecule has 0 amide bonds. The van der Waals surface area contributed by atoms with Crippen LogP contribution >= 0.6 is 0 Å². The van der Waals surface area contributed by atoms with Crippen LogP contribution in [0.5, 0.6) is 0 Å². The molecule has 0 bridgehead atoms. The molecule has 2 atom stereocenters. The molecule has 31 heavy (non-hydrogen) atoms. The number of nitrogens with one attached hydrogen (secondary N) is 2. The van der Waals surface area contributed by atoms with Crippen molar-refractivity contribution >= 4 is 11.5 Å². The molecular weight excluding hydrogens is 409 g/mol. The van der Waals surface area contributed by atoms with Crippen molar-refractivity contribution in [2.45, 2.75) is 25.2 Å². The molecule has 5 heterocycles. The van der Waals surface area contributed by atoms with E-state index in [1.807, 2.05) is 12.3 Å². The van der Waals surface area contributed by atoms with Crippen molar-refractivity contribution < 1.29 is 13.2 Å². The number of anilines is 1. The number of aromatic amines is 1. The third kappa shape index (κ3) is 3.50. The fourth-order valence-electron chi connectivity index (χ4n) is 3.99. The molecule has 8 nitrogen and oxygen atoms in total. The summed E-state index contributed by atoms with van der Waals surface area (Å²) in [5, 5.41) is 10.4. The van der Waals surface area contributed by atoms with Crippen molar-refractivity contribution in [2.75, 3.05) is 18.0 Å². The van der Waals surface area contributed by atoms with Crippen LogP contribution in [-0.4, -0.2) is 48.7 Å². The molecule has 0 spiro atoms. The summed E-state index contributed by atoms with van der Waals surface area (Å²) in [5.41, 5.74) is 1.09. The molecule has 0 aliphatic carbocycles. The quantitative estimate of drug-likeness (QED) is 0.522. The number of alkyl halides is 3. The molecule has 4 aromatic rings. The first-order valence-corrected chi connectivity index (χ1v) is 9.78. The van der Waals surface area contributed by atoms with Crippen LogP contribution in [0.2, 0.25) is 0 Å². The Hall–Kier alpha value is -3.47. The molecule has 2 N–H and O–H groups in total. The highest BCUT2D eigenvalue weighted by molar-refractivity contribution is 5.59. The standard InChI is InChI=1S/C20H19F3N8/c1-12-18(13-8-27-28-9-13)24-6-7-30(12)17-4-5-25-19(29-17)15-10-26-16-3-2-14(11-31(15)16)20(21,22)23/h2-5,8-12,18,24H,6-7H2,1H3,(H,27,28)/t12-,18-/m0/s1. The van der Waals surface area contributed by atoms with Crippen molar-refractivity contribution in [1.29, 1.82) is 0 Å². The van der Waals surface area contributed by atoms with Gasteiger partial charge in [-0.15, -0.1) is 0 Å². The van der Waals surface area contributed by atoms with Gasteiger partial charge in [0.2, 0.25) is 0 Å². The maximum Gasteiger partial charge on any atom is 0.417 e.